The molecule has 2 aromatic heterocycles. The molecule has 0 spiro atoms. The molecule has 0 unspecified atom stereocenters. The van der Waals surface area contributed by atoms with Crippen molar-refractivity contribution in [1.29, 1.82) is 0 Å². The van der Waals surface area contributed by atoms with Crippen molar-refractivity contribution in [2.75, 3.05) is 32.1 Å². The molecule has 0 amide bonds. The Morgan fingerprint density at radius 1 is 1.50 bits per heavy atom. The summed E-state index contributed by atoms with van der Waals surface area (Å²) in [5.41, 5.74) is 3.46. The summed E-state index contributed by atoms with van der Waals surface area (Å²) in [5.74, 6) is -0.251. The molecule has 1 saturated heterocycles. The molecule has 0 bridgehead atoms. The highest BCUT2D eigenvalue weighted by molar-refractivity contribution is 7.98. The van der Waals surface area contributed by atoms with Crippen molar-refractivity contribution in [2.45, 2.75) is 11.5 Å². The van der Waals surface area contributed by atoms with E-state index in [4.69, 9.17) is 19.0 Å². The van der Waals surface area contributed by atoms with Crippen molar-refractivity contribution in [3.8, 4) is 0 Å². The van der Waals surface area contributed by atoms with Gasteiger partial charge in [-0.15, -0.1) is 11.8 Å². The van der Waals surface area contributed by atoms with Crippen LogP contribution in [-0.2, 0) is 19.0 Å². The maximum absolute atomic E-state index is 12.1. The van der Waals surface area contributed by atoms with Crippen LogP contribution in [0.1, 0.15) is 10.4 Å². The minimum absolute atomic E-state index is 0.226. The van der Waals surface area contributed by atoms with E-state index in [2.05, 4.69) is 15.6 Å². The summed E-state index contributed by atoms with van der Waals surface area (Å²) in [6.07, 6.45) is 3.39. The topological polar surface area (TPSA) is 96.2 Å². The number of nitrogens with one attached hydrogen (secondary N) is 1. The van der Waals surface area contributed by atoms with Crippen molar-refractivity contribution in [2.24, 2.45) is 0 Å². The van der Waals surface area contributed by atoms with E-state index in [0.29, 0.717) is 29.7 Å². The Morgan fingerprint density at radius 3 is 2.95 bits per heavy atom. The summed E-state index contributed by atoms with van der Waals surface area (Å²) < 4.78 is 16.6. The van der Waals surface area contributed by atoms with Gasteiger partial charge in [0.2, 0.25) is 0 Å². The van der Waals surface area contributed by atoms with Gasteiger partial charge in [0.15, 0.2) is 11.5 Å². The molecular weight excluding hydrogens is 312 g/mol. The van der Waals surface area contributed by atoms with Crippen LogP contribution in [0.5, 0.6) is 0 Å². The number of carbonyl (C=O) groups excluding carboxylic acids is 1. The van der Waals surface area contributed by atoms with Crippen LogP contribution in [0.3, 0.4) is 0 Å². The van der Waals surface area contributed by atoms with Gasteiger partial charge in [0, 0.05) is 6.07 Å². The summed E-state index contributed by atoms with van der Waals surface area (Å²) in [5, 5.41) is 4.63. The minimum atomic E-state index is -0.845. The third-order valence-electron chi connectivity index (χ3n) is 2.93. The first-order chi connectivity index (χ1) is 10.7. The lowest BCUT2D eigenvalue weighted by Gasteiger charge is -2.16. The highest BCUT2D eigenvalue weighted by Gasteiger charge is 2.25. The van der Waals surface area contributed by atoms with Crippen molar-refractivity contribution < 1.29 is 23.8 Å². The maximum atomic E-state index is 12.1. The number of carbonyl (C=O) groups is 1. The van der Waals surface area contributed by atoms with E-state index in [0.717, 1.165) is 0 Å². The summed E-state index contributed by atoms with van der Waals surface area (Å²) in [7, 11) is 1.30. The van der Waals surface area contributed by atoms with Gasteiger partial charge in [-0.05, 0) is 6.26 Å². The summed E-state index contributed by atoms with van der Waals surface area (Å²) in [4.78, 5) is 21.8. The zero-order valence-electron chi connectivity index (χ0n) is 11.9. The third-order valence-corrected chi connectivity index (χ3v) is 3.61. The van der Waals surface area contributed by atoms with Crippen LogP contribution in [0.25, 0.3) is 5.65 Å². The van der Waals surface area contributed by atoms with E-state index in [9.17, 15) is 4.79 Å². The maximum Gasteiger partial charge on any atom is 0.344 e. The fourth-order valence-corrected chi connectivity index (χ4v) is 2.53. The summed E-state index contributed by atoms with van der Waals surface area (Å²) in [6, 6.07) is 1.72. The fraction of sp³-hybridized carbons (Fsp3) is 0.417. The number of rotatable bonds is 5. The zero-order chi connectivity index (χ0) is 15.5. The van der Waals surface area contributed by atoms with Gasteiger partial charge in [0.25, 0.3) is 6.48 Å². The molecular formula is C12H14N4O5S. The van der Waals surface area contributed by atoms with Crippen molar-refractivity contribution in [1.82, 2.24) is 14.6 Å². The molecule has 0 aliphatic carbocycles. The predicted molar refractivity (Wildman–Crippen MR) is 76.5 cm³/mol. The molecule has 0 atom stereocenters. The molecule has 22 heavy (non-hydrogen) atoms. The fourth-order valence-electron chi connectivity index (χ4n) is 1.96. The molecule has 10 heteroatoms. The zero-order valence-corrected chi connectivity index (χ0v) is 12.8. The van der Waals surface area contributed by atoms with E-state index in [1.807, 2.05) is 6.26 Å². The number of methoxy groups -OCH3 is 1. The Morgan fingerprint density at radius 2 is 2.27 bits per heavy atom. The van der Waals surface area contributed by atoms with Crippen molar-refractivity contribution >= 4 is 29.2 Å². The first-order valence-corrected chi connectivity index (χ1v) is 7.62. The van der Waals surface area contributed by atoms with E-state index in [-0.39, 0.29) is 5.56 Å². The van der Waals surface area contributed by atoms with Crippen LogP contribution in [0, 0.1) is 0 Å². The average Bonchev–Trinajstić information content (AvgIpc) is 3.21. The van der Waals surface area contributed by atoms with Crippen LogP contribution >= 0.6 is 11.8 Å². The van der Waals surface area contributed by atoms with Crippen LogP contribution in [-0.4, -0.2) is 53.6 Å². The lowest BCUT2D eigenvalue weighted by molar-refractivity contribution is -0.215. The molecule has 1 aliphatic heterocycles. The van der Waals surface area contributed by atoms with Gasteiger partial charge in [-0.3, -0.25) is 0 Å². The Kier molecular flexibility index (Phi) is 4.43. The first kappa shape index (κ1) is 15.0. The average molecular weight is 326 g/mol. The molecule has 1 aliphatic rings. The SMILES string of the molecule is COC(=O)c1c(SC)nc2ccnn2c1NOC1OCCO1. The number of thioether (sulfide) groups is 1. The van der Waals surface area contributed by atoms with Crippen LogP contribution in [0.2, 0.25) is 0 Å². The number of fused-ring (bicyclic) bond motifs is 1. The lowest BCUT2D eigenvalue weighted by atomic mass is 10.3. The standard InChI is InChI=1S/C12H14N4O5S/c1-18-11(17)8-9(15-21-12-19-5-6-20-12)16-7(3-4-13-16)14-10(8)22-2/h3-4,12,15H,5-6H2,1-2H3. The Hall–Kier alpha value is -1.88. The van der Waals surface area contributed by atoms with E-state index in [1.54, 1.807) is 12.3 Å². The second-order valence-electron chi connectivity index (χ2n) is 4.19. The molecule has 0 aromatic carbocycles. The second-order valence-corrected chi connectivity index (χ2v) is 4.98. The largest absolute Gasteiger partial charge is 0.465 e. The first-order valence-electron chi connectivity index (χ1n) is 6.39. The van der Waals surface area contributed by atoms with Gasteiger partial charge in [0.1, 0.15) is 10.6 Å². The third kappa shape index (κ3) is 2.73. The second kappa shape index (κ2) is 6.48. The molecule has 2 aromatic rings. The van der Waals surface area contributed by atoms with E-state index in [1.165, 1.54) is 23.4 Å². The van der Waals surface area contributed by atoms with E-state index < -0.39 is 12.4 Å². The number of aromatic nitrogens is 3. The molecule has 3 rings (SSSR count). The number of anilines is 1. The molecule has 0 radical (unpaired) electrons. The Bertz CT molecular complexity index is 685. The number of hydrogen-bond donors (Lipinski definition) is 1. The highest BCUT2D eigenvalue weighted by atomic mass is 32.2. The quantitative estimate of drug-likeness (QED) is 0.372. The number of nitrogens with zero attached hydrogens (tertiary/aromatic N) is 3. The van der Waals surface area contributed by atoms with Crippen molar-refractivity contribution in [3.63, 3.8) is 0 Å². The number of esters is 1. The van der Waals surface area contributed by atoms with Crippen LogP contribution in [0.15, 0.2) is 17.3 Å². The van der Waals surface area contributed by atoms with Gasteiger partial charge in [-0.2, -0.15) is 9.61 Å². The Labute approximate surface area is 129 Å². The molecule has 3 heterocycles. The van der Waals surface area contributed by atoms with Gasteiger partial charge in [-0.25, -0.2) is 20.1 Å². The molecule has 1 fully saturated rings. The lowest BCUT2D eigenvalue weighted by Crippen LogP contribution is -2.21. The van der Waals surface area contributed by atoms with Gasteiger partial charge < -0.3 is 14.2 Å². The molecule has 118 valence electrons. The molecule has 1 N–H and O–H groups in total. The molecule has 9 nitrogen and oxygen atoms in total. The smallest absolute Gasteiger partial charge is 0.344 e. The van der Waals surface area contributed by atoms with Crippen LogP contribution in [0.4, 0.5) is 5.82 Å². The van der Waals surface area contributed by atoms with Gasteiger partial charge >= 0.3 is 5.97 Å². The van der Waals surface area contributed by atoms with Gasteiger partial charge in [0.05, 0.1) is 26.5 Å². The Balaban J connectivity index is 2.02. The van der Waals surface area contributed by atoms with E-state index >= 15 is 0 Å². The van der Waals surface area contributed by atoms with Crippen molar-refractivity contribution in [3.05, 3.63) is 17.8 Å². The monoisotopic (exact) mass is 326 g/mol. The van der Waals surface area contributed by atoms with Crippen LogP contribution < -0.4 is 5.48 Å². The number of ether oxygens (including phenoxy) is 3. The summed E-state index contributed by atoms with van der Waals surface area (Å²) in [6.45, 7) is 0.0431. The number of hydrogen-bond acceptors (Lipinski definition) is 9. The summed E-state index contributed by atoms with van der Waals surface area (Å²) >= 11 is 1.32. The minimum Gasteiger partial charge on any atom is -0.465 e. The van der Waals surface area contributed by atoms with Gasteiger partial charge in [-0.1, -0.05) is 0 Å². The highest BCUT2D eigenvalue weighted by Crippen LogP contribution is 2.27. The normalized spacial score (nSPS) is 15.4. The molecule has 0 saturated carbocycles. The predicted octanol–water partition coefficient (Wildman–Crippen LogP) is 0.912.